The van der Waals surface area contributed by atoms with Crippen LogP contribution in [0.2, 0.25) is 5.02 Å². The molecule has 0 radical (unpaired) electrons. The van der Waals surface area contributed by atoms with Crippen LogP contribution in [0.3, 0.4) is 0 Å². The number of hydrogen-bond acceptors (Lipinski definition) is 3. The van der Waals surface area contributed by atoms with E-state index in [1.54, 1.807) is 0 Å². The zero-order valence-corrected chi connectivity index (χ0v) is 8.99. The molecule has 3 nitrogen and oxygen atoms in total. The number of rotatable bonds is 0. The normalized spacial score (nSPS) is 27.2. The number of aliphatic imine (C=N–C) groups is 1. The lowest BCUT2D eigenvalue weighted by Gasteiger charge is -2.26. The maximum Gasteiger partial charge on any atom is 0.181 e. The van der Waals surface area contributed by atoms with E-state index in [4.69, 9.17) is 21.1 Å². The summed E-state index contributed by atoms with van der Waals surface area (Å²) >= 11 is 6.05. The number of nitrogens with zero attached hydrogens (tertiary/aromatic N) is 1. The second kappa shape index (κ2) is 3.14. The number of halogens is 1. The predicted molar refractivity (Wildman–Crippen MR) is 57.7 cm³/mol. The minimum Gasteiger partial charge on any atom is -0.488 e. The SMILES string of the molecule is CC1=N[C@H]2c3cccc(Cl)c3OC[C@H]2O1. The number of benzene rings is 1. The quantitative estimate of drug-likeness (QED) is 0.677. The molecule has 0 aliphatic carbocycles. The highest BCUT2D eigenvalue weighted by molar-refractivity contribution is 6.32. The number of para-hydroxylation sites is 1. The molecule has 0 spiro atoms. The molecule has 0 saturated carbocycles. The molecule has 1 aromatic carbocycles. The minimum atomic E-state index is 0.0102. The Balaban J connectivity index is 2.11. The summed E-state index contributed by atoms with van der Waals surface area (Å²) in [6, 6.07) is 5.78. The average molecular weight is 224 g/mol. The maximum absolute atomic E-state index is 6.05. The first kappa shape index (κ1) is 9.04. The van der Waals surface area contributed by atoms with E-state index in [1.165, 1.54) is 0 Å². The van der Waals surface area contributed by atoms with E-state index < -0.39 is 0 Å². The van der Waals surface area contributed by atoms with Crippen molar-refractivity contribution in [2.75, 3.05) is 6.61 Å². The first-order valence-corrected chi connectivity index (χ1v) is 5.26. The Morgan fingerprint density at radius 1 is 1.47 bits per heavy atom. The fourth-order valence-corrected chi connectivity index (χ4v) is 2.30. The van der Waals surface area contributed by atoms with Crippen LogP contribution in [0.15, 0.2) is 23.2 Å². The largest absolute Gasteiger partial charge is 0.488 e. The Morgan fingerprint density at radius 3 is 3.20 bits per heavy atom. The molecule has 0 saturated heterocycles. The highest BCUT2D eigenvalue weighted by Crippen LogP contribution is 2.42. The second-order valence-corrected chi connectivity index (χ2v) is 4.13. The second-order valence-electron chi connectivity index (χ2n) is 3.72. The van der Waals surface area contributed by atoms with E-state index in [-0.39, 0.29) is 12.1 Å². The van der Waals surface area contributed by atoms with Crippen LogP contribution in [0, 0.1) is 0 Å². The van der Waals surface area contributed by atoms with Crippen molar-refractivity contribution in [2.24, 2.45) is 4.99 Å². The van der Waals surface area contributed by atoms with Crippen molar-refractivity contribution in [3.05, 3.63) is 28.8 Å². The van der Waals surface area contributed by atoms with E-state index >= 15 is 0 Å². The van der Waals surface area contributed by atoms with Crippen molar-refractivity contribution < 1.29 is 9.47 Å². The van der Waals surface area contributed by atoms with Gasteiger partial charge in [0.15, 0.2) is 12.0 Å². The van der Waals surface area contributed by atoms with Crippen molar-refractivity contribution in [1.29, 1.82) is 0 Å². The van der Waals surface area contributed by atoms with Crippen molar-refractivity contribution in [1.82, 2.24) is 0 Å². The summed E-state index contributed by atoms with van der Waals surface area (Å²) < 4.78 is 11.1. The summed E-state index contributed by atoms with van der Waals surface area (Å²) in [4.78, 5) is 4.45. The van der Waals surface area contributed by atoms with Gasteiger partial charge >= 0.3 is 0 Å². The summed E-state index contributed by atoms with van der Waals surface area (Å²) in [5.74, 6) is 1.48. The molecule has 0 N–H and O–H groups in total. The van der Waals surface area contributed by atoms with Crippen molar-refractivity contribution >= 4 is 17.5 Å². The van der Waals surface area contributed by atoms with Crippen molar-refractivity contribution in [2.45, 2.75) is 19.1 Å². The van der Waals surface area contributed by atoms with Gasteiger partial charge in [-0.25, -0.2) is 4.99 Å². The summed E-state index contributed by atoms with van der Waals surface area (Å²) in [7, 11) is 0. The fraction of sp³-hybridized carbons (Fsp3) is 0.364. The van der Waals surface area contributed by atoms with Gasteiger partial charge in [-0.05, 0) is 6.07 Å². The summed E-state index contributed by atoms with van der Waals surface area (Å²) in [5.41, 5.74) is 1.02. The molecule has 2 atom stereocenters. The fourth-order valence-electron chi connectivity index (χ4n) is 2.06. The molecule has 2 aliphatic heterocycles. The van der Waals surface area contributed by atoms with Crippen LogP contribution < -0.4 is 4.74 Å². The molecule has 15 heavy (non-hydrogen) atoms. The first-order chi connectivity index (χ1) is 7.25. The van der Waals surface area contributed by atoms with Crippen LogP contribution in [-0.4, -0.2) is 18.6 Å². The average Bonchev–Trinajstić information content (AvgIpc) is 2.59. The minimum absolute atomic E-state index is 0.0102. The molecule has 0 unspecified atom stereocenters. The number of hydrogen-bond donors (Lipinski definition) is 0. The Kier molecular flexibility index (Phi) is 1.89. The number of fused-ring (bicyclic) bond motifs is 3. The van der Waals surface area contributed by atoms with Gasteiger partial charge in [0.1, 0.15) is 18.4 Å². The van der Waals surface area contributed by atoms with Crippen LogP contribution in [0.25, 0.3) is 0 Å². The summed E-state index contributed by atoms with van der Waals surface area (Å²) in [6.07, 6.45) is 0.0102. The highest BCUT2D eigenvalue weighted by Gasteiger charge is 2.37. The van der Waals surface area contributed by atoms with E-state index in [0.717, 1.165) is 17.2 Å². The van der Waals surface area contributed by atoms with Gasteiger partial charge in [0.2, 0.25) is 0 Å². The molecule has 0 fully saturated rings. The van der Waals surface area contributed by atoms with Crippen LogP contribution in [0.4, 0.5) is 0 Å². The lowest BCUT2D eigenvalue weighted by atomic mass is 9.99. The van der Waals surface area contributed by atoms with Gasteiger partial charge < -0.3 is 9.47 Å². The lowest BCUT2D eigenvalue weighted by Crippen LogP contribution is -2.29. The van der Waals surface area contributed by atoms with Gasteiger partial charge in [-0.3, -0.25) is 0 Å². The van der Waals surface area contributed by atoms with Crippen LogP contribution in [-0.2, 0) is 4.74 Å². The Bertz CT molecular complexity index is 444. The molecule has 0 bridgehead atoms. The van der Waals surface area contributed by atoms with E-state index in [0.29, 0.717) is 11.6 Å². The van der Waals surface area contributed by atoms with Gasteiger partial charge in [0.05, 0.1) is 5.02 Å². The smallest absolute Gasteiger partial charge is 0.181 e. The van der Waals surface area contributed by atoms with E-state index in [9.17, 15) is 0 Å². The van der Waals surface area contributed by atoms with Gasteiger partial charge in [-0.2, -0.15) is 0 Å². The maximum atomic E-state index is 6.05. The van der Waals surface area contributed by atoms with E-state index in [2.05, 4.69) is 4.99 Å². The molecule has 4 heteroatoms. The standard InChI is InChI=1S/C11H10ClNO2/c1-6-13-10-7-3-2-4-8(12)11(7)14-5-9(10)15-6/h2-4,9-10H,5H2,1H3/t9-,10+/m1/s1. The molecular weight excluding hydrogens is 214 g/mol. The third-order valence-corrected chi connectivity index (χ3v) is 3.00. The predicted octanol–water partition coefficient (Wildman–Crippen LogP) is 2.59. The highest BCUT2D eigenvalue weighted by atomic mass is 35.5. The van der Waals surface area contributed by atoms with Gasteiger partial charge in [-0.15, -0.1) is 0 Å². The van der Waals surface area contributed by atoms with Crippen molar-refractivity contribution in [3.8, 4) is 5.75 Å². The Labute approximate surface area is 92.7 Å². The molecule has 78 valence electrons. The molecule has 3 rings (SSSR count). The molecular formula is C11H10ClNO2. The zero-order valence-electron chi connectivity index (χ0n) is 8.24. The van der Waals surface area contributed by atoms with Crippen LogP contribution >= 0.6 is 11.6 Å². The molecule has 0 amide bonds. The van der Waals surface area contributed by atoms with Gasteiger partial charge in [-0.1, -0.05) is 23.7 Å². The number of ether oxygens (including phenoxy) is 2. The molecule has 2 heterocycles. The van der Waals surface area contributed by atoms with Gasteiger partial charge in [0.25, 0.3) is 0 Å². The third kappa shape index (κ3) is 1.30. The van der Waals surface area contributed by atoms with Gasteiger partial charge in [0, 0.05) is 12.5 Å². The van der Waals surface area contributed by atoms with Crippen LogP contribution in [0.1, 0.15) is 18.5 Å². The topological polar surface area (TPSA) is 30.8 Å². The Morgan fingerprint density at radius 2 is 2.33 bits per heavy atom. The van der Waals surface area contributed by atoms with Crippen molar-refractivity contribution in [3.63, 3.8) is 0 Å². The monoisotopic (exact) mass is 223 g/mol. The van der Waals surface area contributed by atoms with Crippen LogP contribution in [0.5, 0.6) is 5.75 Å². The first-order valence-electron chi connectivity index (χ1n) is 4.88. The Hall–Kier alpha value is -1.22. The molecule has 0 aromatic heterocycles. The zero-order chi connectivity index (χ0) is 10.4. The third-order valence-electron chi connectivity index (χ3n) is 2.70. The van der Waals surface area contributed by atoms with E-state index in [1.807, 2.05) is 25.1 Å². The molecule has 1 aromatic rings. The molecule has 2 aliphatic rings. The lowest BCUT2D eigenvalue weighted by molar-refractivity contribution is 0.101. The summed E-state index contributed by atoms with van der Waals surface area (Å²) in [5, 5.41) is 0.644. The summed E-state index contributed by atoms with van der Waals surface area (Å²) in [6.45, 7) is 2.38.